The van der Waals surface area contributed by atoms with E-state index in [1.807, 2.05) is 12.1 Å². The van der Waals surface area contributed by atoms with E-state index in [-0.39, 0.29) is 5.84 Å². The summed E-state index contributed by atoms with van der Waals surface area (Å²) < 4.78 is 10.9. The zero-order valence-corrected chi connectivity index (χ0v) is 13.0. The van der Waals surface area contributed by atoms with Gasteiger partial charge in [0, 0.05) is 6.61 Å². The second-order valence-corrected chi connectivity index (χ2v) is 4.99. The Morgan fingerprint density at radius 1 is 1.24 bits per heavy atom. The Kier molecular flexibility index (Phi) is 8.28. The van der Waals surface area contributed by atoms with Crippen molar-refractivity contribution < 1.29 is 14.7 Å². The molecule has 0 aliphatic heterocycles. The van der Waals surface area contributed by atoms with E-state index in [1.165, 1.54) is 25.7 Å². The summed E-state index contributed by atoms with van der Waals surface area (Å²) in [6, 6.07) is 5.52. The highest BCUT2D eigenvalue weighted by atomic mass is 16.5. The minimum absolute atomic E-state index is 0.0373. The third-order valence-corrected chi connectivity index (χ3v) is 3.31. The monoisotopic (exact) mass is 294 g/mol. The van der Waals surface area contributed by atoms with Crippen molar-refractivity contribution in [3.8, 4) is 5.75 Å². The first kappa shape index (κ1) is 17.3. The van der Waals surface area contributed by atoms with Gasteiger partial charge in [0.2, 0.25) is 0 Å². The van der Waals surface area contributed by atoms with Crippen LogP contribution < -0.4 is 10.5 Å². The molecule has 0 radical (unpaired) electrons. The van der Waals surface area contributed by atoms with Crippen LogP contribution >= 0.6 is 0 Å². The van der Waals surface area contributed by atoms with Gasteiger partial charge in [-0.2, -0.15) is 0 Å². The van der Waals surface area contributed by atoms with Gasteiger partial charge in [-0.1, -0.05) is 43.8 Å². The molecule has 0 amide bonds. The maximum atomic E-state index is 8.72. The van der Waals surface area contributed by atoms with E-state index >= 15 is 0 Å². The Morgan fingerprint density at radius 2 is 2.00 bits per heavy atom. The SMILES string of the molecule is CCCCCCCOCc1ccc(/C(N)=N/O)c(OC)c1. The summed E-state index contributed by atoms with van der Waals surface area (Å²) in [7, 11) is 1.56. The van der Waals surface area contributed by atoms with Gasteiger partial charge in [0.25, 0.3) is 0 Å². The molecule has 1 aromatic carbocycles. The molecule has 1 rings (SSSR count). The lowest BCUT2D eigenvalue weighted by Crippen LogP contribution is -2.14. The van der Waals surface area contributed by atoms with Crippen LogP contribution in [0.1, 0.15) is 50.2 Å². The van der Waals surface area contributed by atoms with Crippen LogP contribution in [0, 0.1) is 0 Å². The summed E-state index contributed by atoms with van der Waals surface area (Å²) in [5.74, 6) is 0.615. The summed E-state index contributed by atoms with van der Waals surface area (Å²) in [5, 5.41) is 11.7. The Balaban J connectivity index is 2.42. The molecule has 3 N–H and O–H groups in total. The predicted molar refractivity (Wildman–Crippen MR) is 83.9 cm³/mol. The number of nitrogens with two attached hydrogens (primary N) is 1. The normalized spacial score (nSPS) is 11.6. The first-order valence-electron chi connectivity index (χ1n) is 7.45. The lowest BCUT2D eigenvalue weighted by molar-refractivity contribution is 0.116. The molecule has 0 fully saturated rings. The predicted octanol–water partition coefficient (Wildman–Crippen LogP) is 3.28. The van der Waals surface area contributed by atoms with Crippen molar-refractivity contribution in [1.82, 2.24) is 0 Å². The van der Waals surface area contributed by atoms with Gasteiger partial charge in [0.05, 0.1) is 19.3 Å². The van der Waals surface area contributed by atoms with Crippen LogP contribution in [-0.4, -0.2) is 24.8 Å². The molecule has 1 aromatic rings. The standard InChI is InChI=1S/C16H26N2O3/c1-3-4-5-6-7-10-21-12-13-8-9-14(16(17)18-19)15(11-13)20-2/h8-9,11,19H,3-7,10,12H2,1-2H3,(H2,17,18). The van der Waals surface area contributed by atoms with Crippen LogP contribution in [-0.2, 0) is 11.3 Å². The van der Waals surface area contributed by atoms with Crippen molar-refractivity contribution in [3.63, 3.8) is 0 Å². The minimum Gasteiger partial charge on any atom is -0.496 e. The fourth-order valence-corrected chi connectivity index (χ4v) is 2.09. The molecule has 0 bridgehead atoms. The first-order chi connectivity index (χ1) is 10.2. The highest BCUT2D eigenvalue weighted by Gasteiger charge is 2.08. The topological polar surface area (TPSA) is 77.1 Å². The van der Waals surface area contributed by atoms with Gasteiger partial charge in [-0.05, 0) is 24.1 Å². The molecule has 0 aromatic heterocycles. The molecule has 118 valence electrons. The molecule has 0 saturated carbocycles. The van der Waals surface area contributed by atoms with Crippen LogP contribution in [0.4, 0.5) is 0 Å². The number of amidine groups is 1. The second kappa shape index (κ2) is 10.0. The van der Waals surface area contributed by atoms with E-state index < -0.39 is 0 Å². The highest BCUT2D eigenvalue weighted by molar-refractivity contribution is 5.99. The number of hydrogen-bond donors (Lipinski definition) is 2. The Morgan fingerprint density at radius 3 is 2.67 bits per heavy atom. The molecule has 0 spiro atoms. The van der Waals surface area contributed by atoms with E-state index in [1.54, 1.807) is 13.2 Å². The van der Waals surface area contributed by atoms with E-state index in [0.717, 1.165) is 18.6 Å². The van der Waals surface area contributed by atoms with Crippen LogP contribution in [0.2, 0.25) is 0 Å². The van der Waals surface area contributed by atoms with Gasteiger partial charge in [-0.3, -0.25) is 0 Å². The van der Waals surface area contributed by atoms with Gasteiger partial charge in [0.1, 0.15) is 5.75 Å². The van der Waals surface area contributed by atoms with E-state index in [0.29, 0.717) is 17.9 Å². The molecule has 5 nitrogen and oxygen atoms in total. The minimum atomic E-state index is 0.0373. The van der Waals surface area contributed by atoms with E-state index in [2.05, 4.69) is 12.1 Å². The highest BCUT2D eigenvalue weighted by Crippen LogP contribution is 2.20. The smallest absolute Gasteiger partial charge is 0.173 e. The van der Waals surface area contributed by atoms with Gasteiger partial charge < -0.3 is 20.4 Å². The second-order valence-electron chi connectivity index (χ2n) is 4.99. The quantitative estimate of drug-likeness (QED) is 0.228. The number of benzene rings is 1. The van der Waals surface area contributed by atoms with Crippen molar-refractivity contribution in [2.75, 3.05) is 13.7 Å². The van der Waals surface area contributed by atoms with Gasteiger partial charge >= 0.3 is 0 Å². The molecule has 0 saturated heterocycles. The third-order valence-electron chi connectivity index (χ3n) is 3.31. The van der Waals surface area contributed by atoms with Gasteiger partial charge in [-0.25, -0.2) is 0 Å². The largest absolute Gasteiger partial charge is 0.496 e. The van der Waals surface area contributed by atoms with Crippen LogP contribution in [0.5, 0.6) is 5.75 Å². The Bertz CT molecular complexity index is 447. The number of nitrogens with zero attached hydrogens (tertiary/aromatic N) is 1. The number of ether oxygens (including phenoxy) is 2. The number of hydrogen-bond acceptors (Lipinski definition) is 4. The summed E-state index contributed by atoms with van der Waals surface area (Å²) in [5.41, 5.74) is 7.17. The first-order valence-corrected chi connectivity index (χ1v) is 7.45. The van der Waals surface area contributed by atoms with Crippen molar-refractivity contribution >= 4 is 5.84 Å². The Labute approximate surface area is 126 Å². The molecular formula is C16H26N2O3. The van der Waals surface area contributed by atoms with Crippen molar-refractivity contribution in [3.05, 3.63) is 29.3 Å². The summed E-state index contributed by atoms with van der Waals surface area (Å²) in [4.78, 5) is 0. The lowest BCUT2D eigenvalue weighted by atomic mass is 10.1. The molecule has 0 unspecified atom stereocenters. The van der Waals surface area contributed by atoms with E-state index in [9.17, 15) is 0 Å². The van der Waals surface area contributed by atoms with Crippen molar-refractivity contribution in [2.24, 2.45) is 10.9 Å². The zero-order valence-electron chi connectivity index (χ0n) is 13.0. The molecule has 21 heavy (non-hydrogen) atoms. The Hall–Kier alpha value is -1.75. The fraction of sp³-hybridized carbons (Fsp3) is 0.562. The number of unbranched alkanes of at least 4 members (excludes halogenated alkanes) is 4. The fourth-order valence-electron chi connectivity index (χ4n) is 2.09. The maximum Gasteiger partial charge on any atom is 0.173 e. The molecular weight excluding hydrogens is 268 g/mol. The van der Waals surface area contributed by atoms with Crippen LogP contribution in [0.3, 0.4) is 0 Å². The lowest BCUT2D eigenvalue weighted by Gasteiger charge is -2.10. The average Bonchev–Trinajstić information content (AvgIpc) is 2.53. The summed E-state index contributed by atoms with van der Waals surface area (Å²) >= 11 is 0. The molecule has 5 heteroatoms. The number of rotatable bonds is 10. The van der Waals surface area contributed by atoms with E-state index in [4.69, 9.17) is 20.4 Å². The van der Waals surface area contributed by atoms with Crippen molar-refractivity contribution in [2.45, 2.75) is 45.6 Å². The third kappa shape index (κ3) is 6.04. The zero-order chi connectivity index (χ0) is 15.5. The molecule has 0 aliphatic rings. The number of methoxy groups -OCH3 is 1. The van der Waals surface area contributed by atoms with Gasteiger partial charge in [-0.15, -0.1) is 0 Å². The van der Waals surface area contributed by atoms with Crippen LogP contribution in [0.25, 0.3) is 0 Å². The van der Waals surface area contributed by atoms with Crippen molar-refractivity contribution in [1.29, 1.82) is 0 Å². The maximum absolute atomic E-state index is 8.72. The van der Waals surface area contributed by atoms with Gasteiger partial charge in [0.15, 0.2) is 5.84 Å². The molecule has 0 aliphatic carbocycles. The summed E-state index contributed by atoms with van der Waals surface area (Å²) in [6.45, 7) is 3.52. The number of oxime groups is 1. The van der Waals surface area contributed by atoms with Crippen LogP contribution in [0.15, 0.2) is 23.4 Å². The molecule has 0 atom stereocenters. The summed E-state index contributed by atoms with van der Waals surface area (Å²) in [6.07, 6.45) is 6.15. The average molecular weight is 294 g/mol. The molecule has 0 heterocycles.